The molecule has 1 N–H and O–H groups in total. The smallest absolute Gasteiger partial charge is 0.347 e. The van der Waals surface area contributed by atoms with Gasteiger partial charge in [-0.2, -0.15) is 5.26 Å². The summed E-state index contributed by atoms with van der Waals surface area (Å²) in [7, 11) is 1.64. The highest BCUT2D eigenvalue weighted by Crippen LogP contribution is 2.32. The molecule has 1 aromatic heterocycles. The number of carbonyl (C=O) groups is 2. The molecule has 2 heterocycles. The molecule has 1 saturated heterocycles. The molecular weight excluding hydrogens is 344 g/mol. The summed E-state index contributed by atoms with van der Waals surface area (Å²) >= 11 is 0. The third kappa shape index (κ3) is 4.05. The number of hydrogen-bond donors (Lipinski definition) is 0. The summed E-state index contributed by atoms with van der Waals surface area (Å²) in [6.07, 6.45) is 8.27. The quantitative estimate of drug-likeness (QED) is 0.738. The molecule has 1 aliphatic carbocycles. The largest absolute Gasteiger partial charge is 0.452 e. The maximum Gasteiger partial charge on any atom is 0.347 e. The van der Waals surface area contributed by atoms with Gasteiger partial charge in [-0.05, 0) is 37.8 Å². The van der Waals surface area contributed by atoms with Crippen LogP contribution in [0.2, 0.25) is 0 Å². The van der Waals surface area contributed by atoms with Crippen molar-refractivity contribution in [1.82, 2.24) is 4.90 Å². The average Bonchev–Trinajstić information content (AvgIpc) is 3.26. The predicted octanol–water partition coefficient (Wildman–Crippen LogP) is 1.94. The van der Waals surface area contributed by atoms with Gasteiger partial charge in [-0.15, -0.1) is 0 Å². The molecule has 0 bridgehead atoms. The van der Waals surface area contributed by atoms with E-state index in [9.17, 15) is 14.9 Å². The summed E-state index contributed by atoms with van der Waals surface area (Å²) in [4.78, 5) is 31.8. The Balaban J connectivity index is 1.64. The van der Waals surface area contributed by atoms with Crippen LogP contribution in [0, 0.1) is 11.3 Å². The van der Waals surface area contributed by atoms with Gasteiger partial charge in [0.25, 0.3) is 11.7 Å². The first kappa shape index (κ1) is 19.2. The summed E-state index contributed by atoms with van der Waals surface area (Å²) < 4.78 is 5.31. The van der Waals surface area contributed by atoms with Gasteiger partial charge in [0.2, 0.25) is 0 Å². The van der Waals surface area contributed by atoms with Crippen molar-refractivity contribution in [2.24, 2.45) is 0 Å². The van der Waals surface area contributed by atoms with E-state index in [2.05, 4.69) is 16.0 Å². The topological polar surface area (TPSA) is 87.8 Å². The molecule has 144 valence electrons. The summed E-state index contributed by atoms with van der Waals surface area (Å²) in [5, 5.41) is 9.61. The first-order chi connectivity index (χ1) is 13.1. The van der Waals surface area contributed by atoms with Crippen molar-refractivity contribution < 1.29 is 19.3 Å². The van der Waals surface area contributed by atoms with E-state index in [1.807, 2.05) is 0 Å². The van der Waals surface area contributed by atoms with E-state index in [0.29, 0.717) is 18.4 Å². The molecule has 7 nitrogen and oxygen atoms in total. The first-order valence-corrected chi connectivity index (χ1v) is 9.68. The highest BCUT2D eigenvalue weighted by atomic mass is 16.5. The number of H-pyrrole nitrogens is 1. The number of aromatic amines is 1. The van der Waals surface area contributed by atoms with Gasteiger partial charge in [-0.3, -0.25) is 9.69 Å². The number of nitrogens with zero attached hydrogens (tertiary/aromatic N) is 3. The van der Waals surface area contributed by atoms with Crippen LogP contribution in [0.25, 0.3) is 0 Å². The highest BCUT2D eigenvalue weighted by molar-refractivity contribution is 5.95. The molecule has 2 aliphatic rings. The molecule has 0 unspecified atom stereocenters. The normalized spacial score (nSPS) is 18.6. The summed E-state index contributed by atoms with van der Waals surface area (Å²) in [6, 6.07) is 5.77. The Bertz CT molecular complexity index is 731. The van der Waals surface area contributed by atoms with Crippen molar-refractivity contribution in [2.45, 2.75) is 50.5 Å². The molecule has 1 aromatic rings. The third-order valence-electron chi connectivity index (χ3n) is 5.71. The van der Waals surface area contributed by atoms with Crippen LogP contribution in [0.15, 0.2) is 18.3 Å². The van der Waals surface area contributed by atoms with Gasteiger partial charge in [0.1, 0.15) is 11.1 Å². The summed E-state index contributed by atoms with van der Waals surface area (Å²) in [6.45, 7) is 1.44. The number of pyridine rings is 1. The number of carbonyl (C=O) groups excluding carboxylic acids is 2. The van der Waals surface area contributed by atoms with Gasteiger partial charge in [0.05, 0.1) is 25.4 Å². The molecule has 1 saturated carbocycles. The fraction of sp³-hybridized carbons (Fsp3) is 0.600. The second kappa shape index (κ2) is 8.38. The SMILES string of the molecule is CN(C(=O)COC(=O)c1ccc[nH+]c1N1CCCC1)C1(C#N)CCCCC1. The van der Waals surface area contributed by atoms with E-state index >= 15 is 0 Å². The summed E-state index contributed by atoms with van der Waals surface area (Å²) in [5.74, 6) is -0.124. The fourth-order valence-corrected chi connectivity index (χ4v) is 3.99. The Kier molecular flexibility index (Phi) is 5.94. The molecule has 2 fully saturated rings. The number of hydrogen-bond acceptors (Lipinski definition) is 5. The monoisotopic (exact) mass is 371 g/mol. The van der Waals surface area contributed by atoms with Crippen molar-refractivity contribution >= 4 is 17.7 Å². The van der Waals surface area contributed by atoms with E-state index in [1.165, 1.54) is 4.90 Å². The Morgan fingerprint density at radius 3 is 2.63 bits per heavy atom. The van der Waals surface area contributed by atoms with Crippen molar-refractivity contribution in [3.63, 3.8) is 0 Å². The Labute approximate surface area is 159 Å². The van der Waals surface area contributed by atoms with Crippen LogP contribution in [0.5, 0.6) is 0 Å². The lowest BCUT2D eigenvalue weighted by atomic mass is 9.81. The Morgan fingerprint density at radius 2 is 1.96 bits per heavy atom. The van der Waals surface area contributed by atoms with E-state index in [-0.39, 0.29) is 12.5 Å². The summed E-state index contributed by atoms with van der Waals surface area (Å²) in [5.41, 5.74) is -0.342. The number of anilines is 1. The van der Waals surface area contributed by atoms with Crippen LogP contribution in [0.4, 0.5) is 5.82 Å². The van der Waals surface area contributed by atoms with E-state index < -0.39 is 11.5 Å². The number of aromatic nitrogens is 1. The number of rotatable bonds is 5. The average molecular weight is 371 g/mol. The number of amides is 1. The number of ether oxygens (including phenoxy) is 1. The van der Waals surface area contributed by atoms with Crippen molar-refractivity contribution in [3.8, 4) is 6.07 Å². The molecular formula is C20H27N4O3+. The van der Waals surface area contributed by atoms with Crippen LogP contribution < -0.4 is 9.88 Å². The van der Waals surface area contributed by atoms with E-state index in [0.717, 1.165) is 51.0 Å². The third-order valence-corrected chi connectivity index (χ3v) is 5.71. The number of nitriles is 1. The molecule has 0 radical (unpaired) electrons. The van der Waals surface area contributed by atoms with Crippen molar-refractivity contribution in [3.05, 3.63) is 23.9 Å². The molecule has 0 spiro atoms. The first-order valence-electron chi connectivity index (χ1n) is 9.68. The van der Waals surface area contributed by atoms with E-state index in [4.69, 9.17) is 4.74 Å². The zero-order valence-electron chi connectivity index (χ0n) is 15.9. The minimum Gasteiger partial charge on any atom is -0.452 e. The minimum absolute atomic E-state index is 0.338. The van der Waals surface area contributed by atoms with Gasteiger partial charge in [-0.1, -0.05) is 19.3 Å². The molecule has 1 amide bonds. The number of nitrogens with one attached hydrogen (secondary N) is 1. The number of esters is 1. The Morgan fingerprint density at radius 1 is 1.26 bits per heavy atom. The fourth-order valence-electron chi connectivity index (χ4n) is 3.99. The van der Waals surface area contributed by atoms with Gasteiger partial charge >= 0.3 is 5.97 Å². The van der Waals surface area contributed by atoms with Crippen LogP contribution in [-0.4, -0.2) is 49.1 Å². The molecule has 7 heteroatoms. The van der Waals surface area contributed by atoms with E-state index in [1.54, 1.807) is 25.4 Å². The Hall–Kier alpha value is -2.62. The lowest BCUT2D eigenvalue weighted by Gasteiger charge is -2.38. The van der Waals surface area contributed by atoms with Gasteiger partial charge in [0, 0.05) is 7.05 Å². The van der Waals surface area contributed by atoms with Gasteiger partial charge in [0.15, 0.2) is 6.61 Å². The van der Waals surface area contributed by atoms with Gasteiger partial charge in [-0.25, -0.2) is 9.78 Å². The lowest BCUT2D eigenvalue weighted by molar-refractivity contribution is -0.364. The van der Waals surface area contributed by atoms with Crippen LogP contribution in [0.1, 0.15) is 55.3 Å². The maximum absolute atomic E-state index is 12.6. The molecule has 0 atom stereocenters. The van der Waals surface area contributed by atoms with Gasteiger partial charge < -0.3 is 9.64 Å². The molecule has 27 heavy (non-hydrogen) atoms. The predicted molar refractivity (Wildman–Crippen MR) is 98.9 cm³/mol. The zero-order valence-corrected chi connectivity index (χ0v) is 15.9. The standard InChI is InChI=1S/C20H26N4O3/c1-23(20(15-21)9-3-2-4-10-20)17(25)14-27-19(26)16-8-7-11-22-18(16)24-12-5-6-13-24/h7-8,11H,2-6,9-10,12-14H2,1H3/p+1. The van der Waals surface area contributed by atoms with Crippen LogP contribution >= 0.6 is 0 Å². The molecule has 1 aliphatic heterocycles. The second-order valence-corrected chi connectivity index (χ2v) is 7.36. The van der Waals surface area contributed by atoms with Crippen LogP contribution in [0.3, 0.4) is 0 Å². The molecule has 0 aromatic carbocycles. The highest BCUT2D eigenvalue weighted by Gasteiger charge is 2.39. The van der Waals surface area contributed by atoms with Crippen molar-refractivity contribution in [2.75, 3.05) is 31.6 Å². The van der Waals surface area contributed by atoms with Crippen LogP contribution in [-0.2, 0) is 9.53 Å². The molecule has 3 rings (SSSR count). The minimum atomic E-state index is -0.775. The number of likely N-dealkylation sites (N-methyl/N-ethyl adjacent to an activating group) is 1. The maximum atomic E-state index is 12.6. The second-order valence-electron chi connectivity index (χ2n) is 7.36. The lowest BCUT2D eigenvalue weighted by Crippen LogP contribution is -2.51. The zero-order chi connectivity index (χ0) is 19.3. The van der Waals surface area contributed by atoms with Crippen molar-refractivity contribution in [1.29, 1.82) is 5.26 Å².